The van der Waals surface area contributed by atoms with Gasteiger partial charge in [-0.25, -0.2) is 9.18 Å². The number of nitrogens with one attached hydrogen (secondary N) is 2. The van der Waals surface area contributed by atoms with E-state index in [0.717, 1.165) is 42.1 Å². The monoisotopic (exact) mass is 378 g/mol. The van der Waals surface area contributed by atoms with Gasteiger partial charge in [0.1, 0.15) is 11.6 Å². The molecule has 0 radical (unpaired) electrons. The largest absolute Gasteiger partial charge is 0.490 e. The van der Waals surface area contributed by atoms with Crippen LogP contribution in [0.3, 0.4) is 0 Å². The highest BCUT2D eigenvalue weighted by Crippen LogP contribution is 2.24. The lowest BCUT2D eigenvalue weighted by atomic mass is 9.93. The molecule has 0 aliphatic heterocycles. The van der Waals surface area contributed by atoms with Crippen LogP contribution >= 0.6 is 0 Å². The maximum atomic E-state index is 13.0. The van der Waals surface area contributed by atoms with E-state index >= 15 is 0 Å². The summed E-state index contributed by atoms with van der Waals surface area (Å²) in [5, 5.41) is 8.22. The lowest BCUT2D eigenvalue weighted by Gasteiger charge is -2.29. The molecule has 4 nitrogen and oxygen atoms in total. The number of hydrogen-bond acceptors (Lipinski definition) is 2. The van der Waals surface area contributed by atoms with Gasteiger partial charge in [-0.05, 0) is 72.9 Å². The minimum atomic E-state index is -0.266. The van der Waals surface area contributed by atoms with Gasteiger partial charge < -0.3 is 15.4 Å². The summed E-state index contributed by atoms with van der Waals surface area (Å²) in [7, 11) is 0. The van der Waals surface area contributed by atoms with Gasteiger partial charge in [-0.1, -0.05) is 30.3 Å². The third-order valence-electron chi connectivity index (χ3n) is 5.13. The van der Waals surface area contributed by atoms with Crippen molar-refractivity contribution in [3.8, 4) is 5.75 Å². The molecule has 5 heteroatoms. The zero-order chi connectivity index (χ0) is 19.3. The van der Waals surface area contributed by atoms with Crippen LogP contribution in [0.4, 0.5) is 14.9 Å². The standard InChI is InChI=1S/C23H23FN2O2/c24-18-6-11-21(12-7-18)28-22-13-9-19(10-14-22)25-23(27)26-20-8-5-16-3-1-2-4-17(16)15-20/h1-8,11-12,15,19,22H,9-10,13-14H2,(H2,25,26,27)/t19-,22+. The predicted octanol–water partition coefficient (Wildman–Crippen LogP) is 5.49. The molecule has 3 aromatic carbocycles. The minimum absolute atomic E-state index is 0.104. The van der Waals surface area contributed by atoms with Crippen LogP contribution in [0.25, 0.3) is 10.8 Å². The second-order valence-electron chi connectivity index (χ2n) is 7.21. The van der Waals surface area contributed by atoms with Crippen molar-refractivity contribution in [2.24, 2.45) is 0 Å². The molecule has 1 saturated carbocycles. The van der Waals surface area contributed by atoms with E-state index in [1.165, 1.54) is 12.1 Å². The van der Waals surface area contributed by atoms with Crippen LogP contribution in [-0.4, -0.2) is 18.2 Å². The Morgan fingerprint density at radius 1 is 0.893 bits per heavy atom. The molecule has 28 heavy (non-hydrogen) atoms. The van der Waals surface area contributed by atoms with Crippen LogP contribution in [0.2, 0.25) is 0 Å². The molecule has 0 unspecified atom stereocenters. The van der Waals surface area contributed by atoms with Crippen LogP contribution in [0.5, 0.6) is 5.75 Å². The van der Waals surface area contributed by atoms with E-state index in [4.69, 9.17) is 4.74 Å². The summed E-state index contributed by atoms with van der Waals surface area (Å²) in [4.78, 5) is 12.3. The van der Waals surface area contributed by atoms with E-state index in [0.29, 0.717) is 5.75 Å². The zero-order valence-electron chi connectivity index (χ0n) is 15.5. The van der Waals surface area contributed by atoms with E-state index < -0.39 is 0 Å². The maximum absolute atomic E-state index is 13.0. The van der Waals surface area contributed by atoms with Gasteiger partial charge in [-0.2, -0.15) is 0 Å². The van der Waals surface area contributed by atoms with Crippen LogP contribution in [0, 0.1) is 5.82 Å². The van der Waals surface area contributed by atoms with Gasteiger partial charge in [0.05, 0.1) is 6.10 Å². The first-order valence-corrected chi connectivity index (χ1v) is 9.64. The number of anilines is 1. The van der Waals surface area contributed by atoms with Crippen molar-refractivity contribution in [1.29, 1.82) is 0 Å². The van der Waals surface area contributed by atoms with Crippen LogP contribution in [-0.2, 0) is 0 Å². The lowest BCUT2D eigenvalue weighted by Crippen LogP contribution is -2.41. The Balaban J connectivity index is 1.25. The Labute approximate surface area is 163 Å². The molecular formula is C23H23FN2O2. The van der Waals surface area contributed by atoms with Gasteiger partial charge in [0.2, 0.25) is 0 Å². The van der Waals surface area contributed by atoms with Gasteiger partial charge in [-0.3, -0.25) is 0 Å². The maximum Gasteiger partial charge on any atom is 0.319 e. The molecule has 1 fully saturated rings. The number of urea groups is 1. The smallest absolute Gasteiger partial charge is 0.319 e. The molecule has 0 heterocycles. The second-order valence-corrected chi connectivity index (χ2v) is 7.21. The highest BCUT2D eigenvalue weighted by Gasteiger charge is 2.23. The van der Waals surface area contributed by atoms with E-state index in [1.54, 1.807) is 12.1 Å². The van der Waals surface area contributed by atoms with Gasteiger partial charge in [-0.15, -0.1) is 0 Å². The van der Waals surface area contributed by atoms with E-state index in [1.807, 2.05) is 42.5 Å². The molecule has 144 valence electrons. The number of hydrogen-bond donors (Lipinski definition) is 2. The molecule has 0 bridgehead atoms. The molecule has 4 rings (SSSR count). The van der Waals surface area contributed by atoms with Crippen molar-refractivity contribution in [3.63, 3.8) is 0 Å². The fourth-order valence-electron chi connectivity index (χ4n) is 3.65. The second kappa shape index (κ2) is 8.30. The average Bonchev–Trinajstić information content (AvgIpc) is 2.71. The Morgan fingerprint density at radius 3 is 2.36 bits per heavy atom. The molecule has 0 spiro atoms. The summed E-state index contributed by atoms with van der Waals surface area (Å²) >= 11 is 0. The van der Waals surface area contributed by atoms with Crippen molar-refractivity contribution in [2.75, 3.05) is 5.32 Å². The van der Waals surface area contributed by atoms with E-state index in [9.17, 15) is 9.18 Å². The van der Waals surface area contributed by atoms with Crippen LogP contribution in [0.1, 0.15) is 25.7 Å². The molecule has 3 aromatic rings. The Kier molecular flexibility index (Phi) is 5.42. The topological polar surface area (TPSA) is 50.4 Å². The Morgan fingerprint density at radius 2 is 1.61 bits per heavy atom. The molecule has 1 aliphatic carbocycles. The van der Waals surface area contributed by atoms with Gasteiger partial charge >= 0.3 is 6.03 Å². The summed E-state index contributed by atoms with van der Waals surface area (Å²) in [5.41, 5.74) is 0.782. The van der Waals surface area contributed by atoms with Gasteiger partial charge in [0.15, 0.2) is 0 Å². The first-order valence-electron chi connectivity index (χ1n) is 9.64. The van der Waals surface area contributed by atoms with Crippen LogP contribution in [0.15, 0.2) is 66.7 Å². The average molecular weight is 378 g/mol. The molecule has 0 aromatic heterocycles. The summed E-state index contributed by atoms with van der Waals surface area (Å²) < 4.78 is 18.9. The summed E-state index contributed by atoms with van der Waals surface area (Å²) in [6, 6.07) is 20.0. The third kappa shape index (κ3) is 4.60. The zero-order valence-corrected chi connectivity index (χ0v) is 15.5. The number of amides is 2. The Hall–Kier alpha value is -3.08. The first kappa shape index (κ1) is 18.3. The van der Waals surface area contributed by atoms with E-state index in [2.05, 4.69) is 10.6 Å². The highest BCUT2D eigenvalue weighted by molar-refractivity contribution is 5.93. The van der Waals surface area contributed by atoms with Gasteiger partial charge in [0.25, 0.3) is 0 Å². The third-order valence-corrected chi connectivity index (χ3v) is 5.13. The minimum Gasteiger partial charge on any atom is -0.490 e. The van der Waals surface area contributed by atoms with Crippen molar-refractivity contribution < 1.29 is 13.9 Å². The van der Waals surface area contributed by atoms with Crippen molar-refractivity contribution >= 4 is 22.5 Å². The molecule has 1 aliphatic rings. The number of halogens is 1. The number of fused-ring (bicyclic) bond motifs is 1. The predicted molar refractivity (Wildman–Crippen MR) is 109 cm³/mol. The fourth-order valence-corrected chi connectivity index (χ4v) is 3.65. The fraction of sp³-hybridized carbons (Fsp3) is 0.261. The molecule has 2 N–H and O–H groups in total. The van der Waals surface area contributed by atoms with Crippen molar-refractivity contribution in [2.45, 2.75) is 37.8 Å². The quantitative estimate of drug-likeness (QED) is 0.631. The number of carbonyl (C=O) groups excluding carboxylic acids is 1. The number of benzene rings is 3. The van der Waals surface area contributed by atoms with E-state index in [-0.39, 0.29) is 24.0 Å². The molecule has 0 saturated heterocycles. The molecular weight excluding hydrogens is 355 g/mol. The summed E-state index contributed by atoms with van der Waals surface area (Å²) in [5.74, 6) is 0.421. The van der Waals surface area contributed by atoms with Gasteiger partial charge in [0, 0.05) is 11.7 Å². The normalized spacial score (nSPS) is 19.2. The molecule has 0 atom stereocenters. The van der Waals surface area contributed by atoms with Crippen LogP contribution < -0.4 is 15.4 Å². The van der Waals surface area contributed by atoms with Crippen molar-refractivity contribution in [3.05, 3.63) is 72.5 Å². The summed E-state index contributed by atoms with van der Waals surface area (Å²) in [6.45, 7) is 0. The number of ether oxygens (including phenoxy) is 1. The SMILES string of the molecule is O=C(Nc1ccc2ccccc2c1)N[C@H]1CC[C@@H](Oc2ccc(F)cc2)CC1. The molecule has 2 amide bonds. The number of rotatable bonds is 4. The lowest BCUT2D eigenvalue weighted by molar-refractivity contribution is 0.141. The first-order chi connectivity index (χ1) is 13.7. The summed E-state index contributed by atoms with van der Waals surface area (Å²) in [6.07, 6.45) is 3.54. The van der Waals surface area contributed by atoms with Crippen molar-refractivity contribution in [1.82, 2.24) is 5.32 Å². The number of carbonyl (C=O) groups is 1. The Bertz CT molecular complexity index is 950. The highest BCUT2D eigenvalue weighted by atomic mass is 19.1.